The lowest BCUT2D eigenvalue weighted by atomic mass is 9.87. The number of hydrogen-bond acceptors (Lipinski definition) is 5. The first kappa shape index (κ1) is 14.3. The fourth-order valence-electron chi connectivity index (χ4n) is 2.13. The summed E-state index contributed by atoms with van der Waals surface area (Å²) in [6.45, 7) is 6.88. The molecule has 1 saturated heterocycles. The molecule has 1 aromatic heterocycles. The maximum atomic E-state index is 12.0. The smallest absolute Gasteiger partial charge is 0.410 e. The number of nitrogens with two attached hydrogens (primary N) is 1. The molecule has 2 N–H and O–H groups in total. The number of carbonyl (C=O) groups excluding carboxylic acids is 1. The van der Waals surface area contributed by atoms with Gasteiger partial charge in [-0.2, -0.15) is 0 Å². The molecule has 5 nitrogen and oxygen atoms in total. The molecule has 0 atom stereocenters. The van der Waals surface area contributed by atoms with Gasteiger partial charge in [-0.05, 0) is 51.2 Å². The molecule has 0 aliphatic carbocycles. The predicted octanol–water partition coefficient (Wildman–Crippen LogP) is 2.33. The number of hydrogen-bond donors (Lipinski definition) is 1. The maximum absolute atomic E-state index is 12.0. The van der Waals surface area contributed by atoms with Crippen LogP contribution in [-0.4, -0.2) is 34.1 Å². The van der Waals surface area contributed by atoms with Crippen molar-refractivity contribution in [2.45, 2.75) is 44.8 Å². The molecular formula is C13H21N3O2S. The normalized spacial score (nSPS) is 19.3. The standard InChI is InChI=1S/C13H21N3O2S/c1-12(2,3)18-11(17)16-8-5-13(14,6-9-16)10-4-7-15-19-10/h4,7H,5-6,8-9,14H2,1-3H3. The minimum atomic E-state index is -0.452. The fraction of sp³-hybridized carbons (Fsp3) is 0.692. The number of amides is 1. The lowest BCUT2D eigenvalue weighted by molar-refractivity contribution is 0.0168. The van der Waals surface area contributed by atoms with Crippen LogP contribution in [0.15, 0.2) is 12.3 Å². The number of piperidine rings is 1. The summed E-state index contributed by atoms with van der Waals surface area (Å²) in [4.78, 5) is 14.8. The van der Waals surface area contributed by atoms with E-state index in [2.05, 4.69) is 4.37 Å². The molecule has 2 rings (SSSR count). The summed E-state index contributed by atoms with van der Waals surface area (Å²) in [5, 5.41) is 0. The zero-order valence-corrected chi connectivity index (χ0v) is 12.5. The highest BCUT2D eigenvalue weighted by Gasteiger charge is 2.36. The molecule has 6 heteroatoms. The van der Waals surface area contributed by atoms with Gasteiger partial charge in [-0.15, -0.1) is 0 Å². The van der Waals surface area contributed by atoms with E-state index in [0.717, 1.165) is 17.7 Å². The Hall–Kier alpha value is -1.14. The van der Waals surface area contributed by atoms with Crippen LogP contribution in [-0.2, 0) is 10.3 Å². The molecular weight excluding hydrogens is 262 g/mol. The zero-order valence-electron chi connectivity index (χ0n) is 11.7. The highest BCUT2D eigenvalue weighted by molar-refractivity contribution is 7.05. The number of nitrogens with zero attached hydrogens (tertiary/aromatic N) is 2. The summed E-state index contributed by atoms with van der Waals surface area (Å²) in [6, 6.07) is 1.97. The topological polar surface area (TPSA) is 68.5 Å². The van der Waals surface area contributed by atoms with Crippen LogP contribution in [0.25, 0.3) is 0 Å². The van der Waals surface area contributed by atoms with Gasteiger partial charge in [-0.3, -0.25) is 0 Å². The minimum Gasteiger partial charge on any atom is -0.444 e. The Morgan fingerprint density at radius 1 is 1.47 bits per heavy atom. The Morgan fingerprint density at radius 3 is 2.58 bits per heavy atom. The van der Waals surface area contributed by atoms with E-state index in [9.17, 15) is 4.79 Å². The Bertz CT molecular complexity index is 431. The monoisotopic (exact) mass is 283 g/mol. The minimum absolute atomic E-state index is 0.251. The van der Waals surface area contributed by atoms with Gasteiger partial charge in [0, 0.05) is 24.2 Å². The van der Waals surface area contributed by atoms with Crippen molar-refractivity contribution >= 4 is 17.6 Å². The van der Waals surface area contributed by atoms with Crippen molar-refractivity contribution in [1.82, 2.24) is 9.27 Å². The van der Waals surface area contributed by atoms with Gasteiger partial charge in [0.2, 0.25) is 0 Å². The van der Waals surface area contributed by atoms with Crippen molar-refractivity contribution < 1.29 is 9.53 Å². The summed E-state index contributed by atoms with van der Waals surface area (Å²) < 4.78 is 9.47. The van der Waals surface area contributed by atoms with Crippen LogP contribution in [0.2, 0.25) is 0 Å². The second-order valence-corrected chi connectivity index (χ2v) is 6.83. The lowest BCUT2D eigenvalue weighted by Crippen LogP contribution is -2.50. The van der Waals surface area contributed by atoms with Crippen LogP contribution in [0.4, 0.5) is 4.79 Å². The van der Waals surface area contributed by atoms with Crippen LogP contribution in [0, 0.1) is 0 Å². The first-order chi connectivity index (χ1) is 8.80. The average Bonchev–Trinajstić information content (AvgIpc) is 2.81. The van der Waals surface area contributed by atoms with Crippen molar-refractivity contribution in [2.24, 2.45) is 5.73 Å². The second kappa shape index (κ2) is 5.09. The van der Waals surface area contributed by atoms with Gasteiger partial charge in [0.05, 0.1) is 5.54 Å². The Morgan fingerprint density at radius 2 is 2.11 bits per heavy atom. The van der Waals surface area contributed by atoms with Gasteiger partial charge < -0.3 is 15.4 Å². The van der Waals surface area contributed by atoms with Crippen LogP contribution in [0.5, 0.6) is 0 Å². The highest BCUT2D eigenvalue weighted by Crippen LogP contribution is 2.32. The first-order valence-corrected chi connectivity index (χ1v) is 7.25. The van der Waals surface area contributed by atoms with Crippen molar-refractivity contribution in [1.29, 1.82) is 0 Å². The number of aromatic nitrogens is 1. The zero-order chi connectivity index (χ0) is 14.1. The molecule has 2 heterocycles. The van der Waals surface area contributed by atoms with Crippen molar-refractivity contribution in [3.05, 3.63) is 17.1 Å². The van der Waals surface area contributed by atoms with Gasteiger partial charge >= 0.3 is 6.09 Å². The van der Waals surface area contributed by atoms with E-state index in [-0.39, 0.29) is 11.6 Å². The molecule has 0 saturated carbocycles. The maximum Gasteiger partial charge on any atom is 0.410 e. The van der Waals surface area contributed by atoms with E-state index in [0.29, 0.717) is 13.1 Å². The molecule has 0 radical (unpaired) electrons. The molecule has 19 heavy (non-hydrogen) atoms. The van der Waals surface area contributed by atoms with Gasteiger partial charge in [-0.1, -0.05) is 0 Å². The second-order valence-electron chi connectivity index (χ2n) is 6.00. The predicted molar refractivity (Wildman–Crippen MR) is 75.0 cm³/mol. The summed E-state index contributed by atoms with van der Waals surface area (Å²) >= 11 is 1.44. The fourth-order valence-corrected chi connectivity index (χ4v) is 2.88. The lowest BCUT2D eigenvalue weighted by Gasteiger charge is -2.38. The SMILES string of the molecule is CC(C)(C)OC(=O)N1CCC(N)(c2ccns2)CC1. The summed E-state index contributed by atoms with van der Waals surface area (Å²) in [6.07, 6.45) is 3.01. The van der Waals surface area contributed by atoms with E-state index in [1.165, 1.54) is 11.5 Å². The Kier molecular flexibility index (Phi) is 3.82. The van der Waals surface area contributed by atoms with Crippen molar-refractivity contribution in [3.63, 3.8) is 0 Å². The van der Waals surface area contributed by atoms with Gasteiger partial charge in [0.1, 0.15) is 5.60 Å². The third kappa shape index (κ3) is 3.45. The number of rotatable bonds is 1. The molecule has 1 fully saturated rings. The molecule has 0 bridgehead atoms. The molecule has 1 amide bonds. The van der Waals surface area contributed by atoms with Gasteiger partial charge in [0.25, 0.3) is 0 Å². The molecule has 0 aromatic carbocycles. The molecule has 0 spiro atoms. The van der Waals surface area contributed by atoms with Crippen LogP contribution in [0.1, 0.15) is 38.5 Å². The summed E-state index contributed by atoms with van der Waals surface area (Å²) in [5.74, 6) is 0. The first-order valence-electron chi connectivity index (χ1n) is 6.48. The van der Waals surface area contributed by atoms with Crippen molar-refractivity contribution in [3.8, 4) is 0 Å². The summed E-state index contributed by atoms with van der Waals surface area (Å²) in [5.41, 5.74) is 5.61. The third-order valence-electron chi connectivity index (χ3n) is 3.24. The third-order valence-corrected chi connectivity index (χ3v) is 4.20. The molecule has 0 unspecified atom stereocenters. The number of carbonyl (C=O) groups is 1. The largest absolute Gasteiger partial charge is 0.444 e. The molecule has 1 aromatic rings. The molecule has 106 valence electrons. The number of ether oxygens (including phenoxy) is 1. The quantitative estimate of drug-likeness (QED) is 0.859. The van der Waals surface area contributed by atoms with E-state index in [4.69, 9.17) is 10.5 Å². The van der Waals surface area contributed by atoms with Gasteiger partial charge in [-0.25, -0.2) is 9.17 Å². The summed E-state index contributed by atoms with van der Waals surface area (Å²) in [7, 11) is 0. The molecule has 1 aliphatic heterocycles. The number of likely N-dealkylation sites (tertiary alicyclic amines) is 1. The molecule has 1 aliphatic rings. The van der Waals surface area contributed by atoms with Gasteiger partial charge in [0.15, 0.2) is 0 Å². The van der Waals surface area contributed by atoms with E-state index in [1.54, 1.807) is 11.1 Å². The van der Waals surface area contributed by atoms with E-state index in [1.807, 2.05) is 26.8 Å². The van der Waals surface area contributed by atoms with Crippen LogP contribution >= 0.6 is 11.5 Å². The van der Waals surface area contributed by atoms with Crippen LogP contribution in [0.3, 0.4) is 0 Å². The van der Waals surface area contributed by atoms with Crippen LogP contribution < -0.4 is 5.73 Å². The Labute approximate surface area is 117 Å². The average molecular weight is 283 g/mol. The highest BCUT2D eigenvalue weighted by atomic mass is 32.1. The van der Waals surface area contributed by atoms with E-state index >= 15 is 0 Å². The van der Waals surface area contributed by atoms with E-state index < -0.39 is 5.60 Å². The Balaban J connectivity index is 1.94. The van der Waals surface area contributed by atoms with Crippen molar-refractivity contribution in [2.75, 3.05) is 13.1 Å².